The van der Waals surface area contributed by atoms with Crippen molar-refractivity contribution in [1.82, 2.24) is 0 Å². The number of fused-ring (bicyclic) bond motifs is 1. The SMILES string of the molecule is Cc1ccc(C(Cl)c2cc(Cl)cc3c2OCC3)s1. The number of benzene rings is 1. The first-order valence-electron chi connectivity index (χ1n) is 5.80. The van der Waals surface area contributed by atoms with Crippen molar-refractivity contribution in [3.8, 4) is 5.75 Å². The molecule has 0 N–H and O–H groups in total. The van der Waals surface area contributed by atoms with Gasteiger partial charge in [0.15, 0.2) is 0 Å². The highest BCUT2D eigenvalue weighted by atomic mass is 35.5. The number of ether oxygens (including phenoxy) is 1. The van der Waals surface area contributed by atoms with Crippen molar-refractivity contribution in [3.05, 3.63) is 50.2 Å². The molecule has 0 saturated carbocycles. The molecule has 1 aromatic carbocycles. The summed E-state index contributed by atoms with van der Waals surface area (Å²) in [5.41, 5.74) is 2.15. The van der Waals surface area contributed by atoms with Gasteiger partial charge in [-0.15, -0.1) is 22.9 Å². The lowest BCUT2D eigenvalue weighted by molar-refractivity contribution is 0.354. The van der Waals surface area contributed by atoms with Crippen LogP contribution in [0.2, 0.25) is 5.02 Å². The summed E-state index contributed by atoms with van der Waals surface area (Å²) in [5.74, 6) is 0.922. The van der Waals surface area contributed by atoms with Crippen molar-refractivity contribution in [3.63, 3.8) is 0 Å². The van der Waals surface area contributed by atoms with E-state index < -0.39 is 0 Å². The van der Waals surface area contributed by atoms with Gasteiger partial charge in [-0.2, -0.15) is 0 Å². The third kappa shape index (κ3) is 2.13. The molecule has 18 heavy (non-hydrogen) atoms. The quantitative estimate of drug-likeness (QED) is 0.711. The van der Waals surface area contributed by atoms with Gasteiger partial charge in [-0.1, -0.05) is 11.6 Å². The highest BCUT2D eigenvalue weighted by Crippen LogP contribution is 2.43. The van der Waals surface area contributed by atoms with E-state index in [-0.39, 0.29) is 5.38 Å². The number of halogens is 2. The first-order valence-corrected chi connectivity index (χ1v) is 7.44. The van der Waals surface area contributed by atoms with E-state index in [1.807, 2.05) is 12.1 Å². The Kier molecular flexibility index (Phi) is 3.27. The van der Waals surface area contributed by atoms with E-state index in [9.17, 15) is 0 Å². The molecule has 1 aromatic heterocycles. The second-order valence-electron chi connectivity index (χ2n) is 4.39. The molecule has 0 radical (unpaired) electrons. The number of hydrogen-bond acceptors (Lipinski definition) is 2. The molecule has 0 amide bonds. The standard InChI is InChI=1S/C14H12Cl2OS/c1-8-2-3-12(18-8)13(16)11-7-10(15)6-9-4-5-17-14(9)11/h2-3,6-7,13H,4-5H2,1H3. The van der Waals surface area contributed by atoms with Gasteiger partial charge in [0.2, 0.25) is 0 Å². The Morgan fingerprint density at radius 2 is 2.17 bits per heavy atom. The maximum Gasteiger partial charge on any atom is 0.127 e. The Labute approximate surface area is 120 Å². The minimum absolute atomic E-state index is 0.186. The van der Waals surface area contributed by atoms with Gasteiger partial charge >= 0.3 is 0 Å². The normalized spacial score (nSPS) is 15.3. The van der Waals surface area contributed by atoms with Crippen molar-refractivity contribution in [1.29, 1.82) is 0 Å². The number of aryl methyl sites for hydroxylation is 1. The van der Waals surface area contributed by atoms with E-state index in [1.54, 1.807) is 11.3 Å². The molecule has 4 heteroatoms. The number of alkyl halides is 1. The topological polar surface area (TPSA) is 9.23 Å². The lowest BCUT2D eigenvalue weighted by Crippen LogP contribution is -1.95. The molecule has 94 valence electrons. The largest absolute Gasteiger partial charge is 0.493 e. The summed E-state index contributed by atoms with van der Waals surface area (Å²) in [6.45, 7) is 2.80. The Hall–Kier alpha value is -0.700. The van der Waals surface area contributed by atoms with E-state index >= 15 is 0 Å². The average molecular weight is 299 g/mol. The van der Waals surface area contributed by atoms with Crippen molar-refractivity contribution in [2.45, 2.75) is 18.7 Å². The molecule has 0 aliphatic carbocycles. The fourth-order valence-corrected chi connectivity index (χ4v) is 3.72. The third-order valence-corrected chi connectivity index (χ3v) is 4.94. The summed E-state index contributed by atoms with van der Waals surface area (Å²) in [4.78, 5) is 2.39. The molecular weight excluding hydrogens is 287 g/mol. The van der Waals surface area contributed by atoms with Gasteiger partial charge in [0.05, 0.1) is 12.0 Å². The molecule has 1 aliphatic heterocycles. The monoisotopic (exact) mass is 298 g/mol. The zero-order chi connectivity index (χ0) is 12.7. The van der Waals surface area contributed by atoms with Crippen LogP contribution in [0.15, 0.2) is 24.3 Å². The maximum atomic E-state index is 6.57. The summed E-state index contributed by atoms with van der Waals surface area (Å²) in [6.07, 6.45) is 0.913. The molecule has 2 heterocycles. The highest BCUT2D eigenvalue weighted by Gasteiger charge is 2.24. The second-order valence-corrected chi connectivity index (χ2v) is 6.59. The second kappa shape index (κ2) is 4.76. The minimum atomic E-state index is -0.186. The van der Waals surface area contributed by atoms with Gasteiger partial charge in [-0.3, -0.25) is 0 Å². The first-order chi connectivity index (χ1) is 8.65. The summed E-state index contributed by atoms with van der Waals surface area (Å²) >= 11 is 14.4. The zero-order valence-electron chi connectivity index (χ0n) is 9.87. The molecule has 2 aromatic rings. The first kappa shape index (κ1) is 12.3. The van der Waals surface area contributed by atoms with Crippen LogP contribution in [0.4, 0.5) is 0 Å². The van der Waals surface area contributed by atoms with Gasteiger partial charge in [-0.25, -0.2) is 0 Å². The Morgan fingerprint density at radius 1 is 1.33 bits per heavy atom. The van der Waals surface area contributed by atoms with Crippen LogP contribution in [0.25, 0.3) is 0 Å². The van der Waals surface area contributed by atoms with Crippen molar-refractivity contribution >= 4 is 34.5 Å². The minimum Gasteiger partial charge on any atom is -0.493 e. The van der Waals surface area contributed by atoms with E-state index in [2.05, 4.69) is 19.1 Å². The van der Waals surface area contributed by atoms with Gasteiger partial charge in [-0.05, 0) is 36.8 Å². The number of rotatable bonds is 2. The fraction of sp³-hybridized carbons (Fsp3) is 0.286. The van der Waals surface area contributed by atoms with E-state index in [0.717, 1.165) is 39.8 Å². The van der Waals surface area contributed by atoms with Crippen LogP contribution in [0.3, 0.4) is 0 Å². The molecule has 0 bridgehead atoms. The lowest BCUT2D eigenvalue weighted by atomic mass is 10.0. The fourth-order valence-electron chi connectivity index (χ4n) is 2.23. The summed E-state index contributed by atoms with van der Waals surface area (Å²) in [7, 11) is 0. The molecular formula is C14H12Cl2OS. The Bertz CT molecular complexity index is 591. The summed E-state index contributed by atoms with van der Waals surface area (Å²) < 4.78 is 5.70. The van der Waals surface area contributed by atoms with Gasteiger partial charge in [0, 0.05) is 26.8 Å². The van der Waals surface area contributed by atoms with E-state index in [4.69, 9.17) is 27.9 Å². The third-order valence-electron chi connectivity index (χ3n) is 3.06. The van der Waals surface area contributed by atoms with Crippen molar-refractivity contribution < 1.29 is 4.74 Å². The van der Waals surface area contributed by atoms with Crippen molar-refractivity contribution in [2.24, 2.45) is 0 Å². The van der Waals surface area contributed by atoms with Crippen LogP contribution in [-0.4, -0.2) is 6.61 Å². The Morgan fingerprint density at radius 3 is 2.89 bits per heavy atom. The van der Waals surface area contributed by atoms with E-state index in [0.29, 0.717) is 0 Å². The van der Waals surface area contributed by atoms with E-state index in [1.165, 1.54) is 4.88 Å². The summed E-state index contributed by atoms with van der Waals surface area (Å²) in [5, 5.41) is 0.544. The van der Waals surface area contributed by atoms with Gasteiger partial charge < -0.3 is 4.74 Å². The number of hydrogen-bond donors (Lipinski definition) is 0. The van der Waals surface area contributed by atoms with Crippen LogP contribution < -0.4 is 4.74 Å². The molecule has 0 spiro atoms. The Balaban J connectivity index is 2.06. The van der Waals surface area contributed by atoms with Gasteiger partial charge in [0.25, 0.3) is 0 Å². The molecule has 3 rings (SSSR count). The van der Waals surface area contributed by atoms with Crippen LogP contribution in [0.5, 0.6) is 5.75 Å². The zero-order valence-corrected chi connectivity index (χ0v) is 12.2. The van der Waals surface area contributed by atoms with Crippen LogP contribution in [0.1, 0.15) is 26.3 Å². The molecule has 1 atom stereocenters. The lowest BCUT2D eigenvalue weighted by Gasteiger charge is -2.13. The molecule has 1 nitrogen and oxygen atoms in total. The molecule has 0 saturated heterocycles. The van der Waals surface area contributed by atoms with Crippen molar-refractivity contribution in [2.75, 3.05) is 6.61 Å². The average Bonchev–Trinajstić information content (AvgIpc) is 2.95. The predicted octanol–water partition coefficient (Wildman–Crippen LogP) is 4.97. The van der Waals surface area contributed by atoms with Crippen LogP contribution in [-0.2, 0) is 6.42 Å². The molecule has 1 unspecified atom stereocenters. The number of thiophene rings is 1. The maximum absolute atomic E-state index is 6.57. The smallest absolute Gasteiger partial charge is 0.127 e. The van der Waals surface area contributed by atoms with Gasteiger partial charge in [0.1, 0.15) is 5.75 Å². The summed E-state index contributed by atoms with van der Waals surface area (Å²) in [6, 6.07) is 8.04. The molecule has 0 fully saturated rings. The van der Waals surface area contributed by atoms with Crippen LogP contribution >= 0.6 is 34.5 Å². The molecule has 1 aliphatic rings. The van der Waals surface area contributed by atoms with Crippen LogP contribution in [0, 0.1) is 6.92 Å². The highest BCUT2D eigenvalue weighted by molar-refractivity contribution is 7.12. The predicted molar refractivity (Wildman–Crippen MR) is 77.4 cm³/mol.